The van der Waals surface area contributed by atoms with Crippen LogP contribution in [0, 0.1) is 0 Å². The molecule has 0 aliphatic rings. The molecule has 1 aromatic carbocycles. The number of aromatic amines is 1. The van der Waals surface area contributed by atoms with E-state index >= 15 is 0 Å². The smallest absolute Gasteiger partial charge is 0.250 e. The Morgan fingerprint density at radius 1 is 1.29 bits per heavy atom. The number of nitrogen functional groups attached to an aromatic ring is 1. The van der Waals surface area contributed by atoms with E-state index in [1.54, 1.807) is 37.4 Å². The van der Waals surface area contributed by atoms with Crippen LogP contribution in [0.1, 0.15) is 10.4 Å². The molecule has 0 aliphatic heterocycles. The number of carbonyl (C=O) groups is 1. The lowest BCUT2D eigenvalue weighted by atomic mass is 10.1. The Morgan fingerprint density at radius 2 is 2.08 bits per heavy atom. The predicted molar refractivity (Wildman–Crippen MR) is 91.7 cm³/mol. The lowest BCUT2D eigenvalue weighted by Crippen LogP contribution is -2.11. The molecule has 3 rings (SSSR count). The fourth-order valence-electron chi connectivity index (χ4n) is 2.35. The number of anilines is 1. The van der Waals surface area contributed by atoms with Gasteiger partial charge in [0.2, 0.25) is 5.95 Å². The minimum atomic E-state index is -0.582. The Labute approximate surface area is 142 Å². The van der Waals surface area contributed by atoms with Gasteiger partial charge < -0.3 is 21.2 Å². The zero-order valence-electron chi connectivity index (χ0n) is 12.7. The highest BCUT2D eigenvalue weighted by Gasteiger charge is 2.18. The lowest BCUT2D eigenvalue weighted by molar-refractivity contribution is 0.100. The van der Waals surface area contributed by atoms with Crippen LogP contribution in [0.15, 0.2) is 36.5 Å². The van der Waals surface area contributed by atoms with Gasteiger partial charge in [-0.05, 0) is 30.3 Å². The maximum absolute atomic E-state index is 11.8. The van der Waals surface area contributed by atoms with Gasteiger partial charge in [-0.2, -0.15) is 0 Å². The van der Waals surface area contributed by atoms with E-state index in [4.69, 9.17) is 27.8 Å². The third-order valence-corrected chi connectivity index (χ3v) is 3.79. The van der Waals surface area contributed by atoms with E-state index in [0.29, 0.717) is 39.0 Å². The summed E-state index contributed by atoms with van der Waals surface area (Å²) >= 11 is 6.30. The minimum Gasteiger partial charge on any atom is -0.497 e. The normalized spacial score (nSPS) is 10.6. The molecular formula is C16H14ClN5O2. The molecule has 0 aliphatic carbocycles. The fourth-order valence-corrected chi connectivity index (χ4v) is 2.61. The van der Waals surface area contributed by atoms with E-state index in [9.17, 15) is 4.79 Å². The molecule has 0 saturated carbocycles. The number of nitrogens with two attached hydrogens (primary N) is 2. The zero-order valence-corrected chi connectivity index (χ0v) is 13.5. The molecule has 0 fully saturated rings. The minimum absolute atomic E-state index is 0.131. The number of carbonyl (C=O) groups excluding carboxylic acids is 1. The quantitative estimate of drug-likeness (QED) is 0.672. The predicted octanol–water partition coefficient (Wildman–Crippen LogP) is 2.48. The van der Waals surface area contributed by atoms with Crippen LogP contribution in [0.5, 0.6) is 5.75 Å². The number of hydrogen-bond donors (Lipinski definition) is 3. The molecule has 24 heavy (non-hydrogen) atoms. The van der Waals surface area contributed by atoms with Gasteiger partial charge in [-0.15, -0.1) is 0 Å². The van der Waals surface area contributed by atoms with E-state index < -0.39 is 5.91 Å². The van der Waals surface area contributed by atoms with Gasteiger partial charge in [0.15, 0.2) is 0 Å². The van der Waals surface area contributed by atoms with Crippen molar-refractivity contribution in [3.63, 3.8) is 0 Å². The Bertz CT molecular complexity index is 923. The third kappa shape index (κ3) is 2.89. The molecule has 0 bridgehead atoms. The standard InChI is InChI=1S/C16H14ClN5O2/c1-24-8-2-3-9(11(17)6-8)14-10(15(18)23)7-13(21-14)12-4-5-20-16(19)22-12/h2-7,21H,1H3,(H2,18,23)(H2,19,20,22). The van der Waals surface area contributed by atoms with Crippen molar-refractivity contribution in [2.45, 2.75) is 0 Å². The molecule has 0 saturated heterocycles. The molecule has 2 aromatic heterocycles. The number of hydrogen-bond acceptors (Lipinski definition) is 5. The first kappa shape index (κ1) is 15.8. The summed E-state index contributed by atoms with van der Waals surface area (Å²) in [7, 11) is 1.55. The molecule has 0 atom stereocenters. The molecule has 7 nitrogen and oxygen atoms in total. The molecule has 3 aromatic rings. The van der Waals surface area contributed by atoms with Gasteiger partial charge in [-0.3, -0.25) is 4.79 Å². The van der Waals surface area contributed by atoms with Crippen molar-refractivity contribution < 1.29 is 9.53 Å². The summed E-state index contributed by atoms with van der Waals surface area (Å²) in [4.78, 5) is 22.9. The van der Waals surface area contributed by atoms with Gasteiger partial charge in [0.1, 0.15) is 5.75 Å². The van der Waals surface area contributed by atoms with E-state index in [1.165, 1.54) is 6.20 Å². The van der Waals surface area contributed by atoms with Crippen LogP contribution in [0.25, 0.3) is 22.6 Å². The lowest BCUT2D eigenvalue weighted by Gasteiger charge is -2.07. The molecular weight excluding hydrogens is 330 g/mol. The molecule has 0 radical (unpaired) electrons. The third-order valence-electron chi connectivity index (χ3n) is 3.48. The highest BCUT2D eigenvalue weighted by molar-refractivity contribution is 6.33. The average molecular weight is 344 g/mol. The van der Waals surface area contributed by atoms with E-state index in [2.05, 4.69) is 15.0 Å². The van der Waals surface area contributed by atoms with Crippen LogP contribution in [0.3, 0.4) is 0 Å². The highest BCUT2D eigenvalue weighted by Crippen LogP contribution is 2.34. The van der Waals surface area contributed by atoms with Crippen LogP contribution >= 0.6 is 11.6 Å². The molecule has 1 amide bonds. The SMILES string of the molecule is COc1ccc(-c2[nH]c(-c3ccnc(N)n3)cc2C(N)=O)c(Cl)c1. The Hall–Kier alpha value is -3.06. The second kappa shape index (κ2) is 6.21. The topological polar surface area (TPSA) is 120 Å². The van der Waals surface area contributed by atoms with E-state index in [-0.39, 0.29) is 5.95 Å². The van der Waals surface area contributed by atoms with E-state index in [0.717, 1.165) is 0 Å². The van der Waals surface area contributed by atoms with Crippen LogP contribution in [0.2, 0.25) is 5.02 Å². The molecule has 0 spiro atoms. The maximum Gasteiger partial charge on any atom is 0.250 e. The number of nitrogens with one attached hydrogen (secondary N) is 1. The van der Waals surface area contributed by atoms with E-state index in [1.807, 2.05) is 0 Å². The summed E-state index contributed by atoms with van der Waals surface area (Å²) in [6.07, 6.45) is 1.53. The number of methoxy groups -OCH3 is 1. The van der Waals surface area contributed by atoms with Crippen molar-refractivity contribution in [2.75, 3.05) is 12.8 Å². The number of nitrogens with zero attached hydrogens (tertiary/aromatic N) is 2. The zero-order chi connectivity index (χ0) is 17.3. The molecule has 122 valence electrons. The Kier molecular flexibility index (Phi) is 4.09. The number of rotatable bonds is 4. The Morgan fingerprint density at radius 3 is 2.71 bits per heavy atom. The number of aromatic nitrogens is 3. The van der Waals surface area contributed by atoms with Gasteiger partial charge in [0.05, 0.1) is 34.8 Å². The van der Waals surface area contributed by atoms with Gasteiger partial charge in [0, 0.05) is 11.8 Å². The van der Waals surface area contributed by atoms with Gasteiger partial charge in [-0.25, -0.2) is 9.97 Å². The largest absolute Gasteiger partial charge is 0.497 e. The monoisotopic (exact) mass is 343 g/mol. The first-order valence-corrected chi connectivity index (χ1v) is 7.33. The first-order chi connectivity index (χ1) is 11.5. The molecule has 0 unspecified atom stereocenters. The van der Waals surface area contributed by atoms with Crippen LogP contribution in [-0.4, -0.2) is 28.0 Å². The number of H-pyrrole nitrogens is 1. The number of benzene rings is 1. The van der Waals surface area contributed by atoms with Crippen molar-refractivity contribution in [2.24, 2.45) is 5.73 Å². The number of primary amides is 1. The van der Waals surface area contributed by atoms with Crippen molar-refractivity contribution >= 4 is 23.5 Å². The number of amides is 1. The van der Waals surface area contributed by atoms with Gasteiger partial charge in [-0.1, -0.05) is 11.6 Å². The fraction of sp³-hybridized carbons (Fsp3) is 0.0625. The van der Waals surface area contributed by atoms with Crippen molar-refractivity contribution in [1.29, 1.82) is 0 Å². The molecule has 5 N–H and O–H groups in total. The summed E-state index contributed by atoms with van der Waals surface area (Å²) in [6.45, 7) is 0. The second-order valence-corrected chi connectivity index (χ2v) is 5.39. The molecule has 8 heteroatoms. The van der Waals surface area contributed by atoms with Crippen molar-refractivity contribution in [3.8, 4) is 28.4 Å². The summed E-state index contributed by atoms with van der Waals surface area (Å²) in [6, 6.07) is 8.43. The van der Waals surface area contributed by atoms with Crippen LogP contribution in [0.4, 0.5) is 5.95 Å². The van der Waals surface area contributed by atoms with Crippen molar-refractivity contribution in [3.05, 3.63) is 47.1 Å². The summed E-state index contributed by atoms with van der Waals surface area (Å²) in [5, 5.41) is 0.424. The Balaban J connectivity index is 2.16. The highest BCUT2D eigenvalue weighted by atomic mass is 35.5. The maximum atomic E-state index is 11.8. The van der Waals surface area contributed by atoms with Gasteiger partial charge >= 0.3 is 0 Å². The molecule has 2 heterocycles. The summed E-state index contributed by atoms with van der Waals surface area (Å²) in [5.74, 6) is 0.160. The van der Waals surface area contributed by atoms with Crippen molar-refractivity contribution in [1.82, 2.24) is 15.0 Å². The second-order valence-electron chi connectivity index (χ2n) is 4.98. The first-order valence-electron chi connectivity index (χ1n) is 6.95. The number of halogens is 1. The van der Waals surface area contributed by atoms with Gasteiger partial charge in [0.25, 0.3) is 5.91 Å². The number of ether oxygens (including phenoxy) is 1. The summed E-state index contributed by atoms with van der Waals surface area (Å²) < 4.78 is 5.13. The van der Waals surface area contributed by atoms with Crippen LogP contribution in [-0.2, 0) is 0 Å². The van der Waals surface area contributed by atoms with Crippen LogP contribution < -0.4 is 16.2 Å². The summed E-state index contributed by atoms with van der Waals surface area (Å²) in [5.41, 5.74) is 13.7. The average Bonchev–Trinajstić information content (AvgIpc) is 3.00.